The molecule has 1 atom stereocenters. The minimum absolute atomic E-state index is 0.0481. The Bertz CT molecular complexity index is 2450. The van der Waals surface area contributed by atoms with Crippen molar-refractivity contribution in [1.29, 1.82) is 0 Å². The second kappa shape index (κ2) is 11.9. The highest BCUT2D eigenvalue weighted by Crippen LogP contribution is 2.40. The Hall–Kier alpha value is -6.07. The fourth-order valence-corrected chi connectivity index (χ4v) is 7.13. The quantitative estimate of drug-likeness (QED) is 0.180. The van der Waals surface area contributed by atoms with Crippen molar-refractivity contribution in [3.8, 4) is 22.8 Å². The molecule has 0 amide bonds. The average molecular weight is 618 g/mol. The zero-order valence-electron chi connectivity index (χ0n) is 26.3. The first-order valence-electron chi connectivity index (χ1n) is 16.5. The molecule has 0 radical (unpaired) electrons. The molecule has 5 aromatic carbocycles. The van der Waals surface area contributed by atoms with E-state index in [1.807, 2.05) is 24.5 Å². The van der Waals surface area contributed by atoms with E-state index < -0.39 is 0 Å². The van der Waals surface area contributed by atoms with Gasteiger partial charge in [0.05, 0.1) is 0 Å². The SMILES string of the molecule is C1=CC(c2ccc3c4ccccc4c4ccccc4c3c2)=C(c2cccc(-c3nc(-c4ccncc4)nc(C4C=CN=CC4)n3)c2)CC1. The molecule has 228 valence electrons. The number of benzene rings is 5. The Labute approximate surface area is 278 Å². The summed E-state index contributed by atoms with van der Waals surface area (Å²) in [6.45, 7) is 0. The van der Waals surface area contributed by atoms with E-state index in [1.165, 1.54) is 54.6 Å². The van der Waals surface area contributed by atoms with Crippen LogP contribution in [0.3, 0.4) is 0 Å². The number of hydrogen-bond acceptors (Lipinski definition) is 5. The molecule has 0 spiro atoms. The number of pyridine rings is 1. The largest absolute Gasteiger partial charge is 0.269 e. The van der Waals surface area contributed by atoms with Crippen molar-refractivity contribution in [2.24, 2.45) is 4.99 Å². The van der Waals surface area contributed by atoms with Crippen LogP contribution in [0.25, 0.3) is 66.2 Å². The molecule has 9 rings (SSSR count). The Balaban J connectivity index is 1.18. The van der Waals surface area contributed by atoms with Gasteiger partial charge in [-0.1, -0.05) is 97.1 Å². The Kier molecular flexibility index (Phi) is 7.01. The zero-order valence-corrected chi connectivity index (χ0v) is 26.3. The maximum absolute atomic E-state index is 5.02. The second-order valence-corrected chi connectivity index (χ2v) is 12.4. The van der Waals surface area contributed by atoms with Crippen molar-refractivity contribution in [2.45, 2.75) is 25.2 Å². The zero-order chi connectivity index (χ0) is 31.9. The van der Waals surface area contributed by atoms with Gasteiger partial charge in [-0.25, -0.2) is 15.0 Å². The first-order valence-corrected chi connectivity index (χ1v) is 16.5. The summed E-state index contributed by atoms with van der Waals surface area (Å²) in [6, 6.07) is 37.1. The highest BCUT2D eigenvalue weighted by atomic mass is 15.0. The fourth-order valence-electron chi connectivity index (χ4n) is 7.13. The van der Waals surface area contributed by atoms with E-state index in [4.69, 9.17) is 15.0 Å². The lowest BCUT2D eigenvalue weighted by Gasteiger charge is -2.19. The van der Waals surface area contributed by atoms with Crippen LogP contribution in [0, 0.1) is 0 Å². The maximum atomic E-state index is 5.02. The third-order valence-electron chi connectivity index (χ3n) is 9.49. The van der Waals surface area contributed by atoms with Gasteiger partial charge in [-0.3, -0.25) is 9.98 Å². The number of aromatic nitrogens is 4. The van der Waals surface area contributed by atoms with E-state index >= 15 is 0 Å². The van der Waals surface area contributed by atoms with Crippen molar-refractivity contribution < 1.29 is 0 Å². The summed E-state index contributed by atoms with van der Waals surface area (Å²) >= 11 is 0. The number of allylic oxidation sites excluding steroid dienone is 5. The molecule has 5 nitrogen and oxygen atoms in total. The molecule has 1 unspecified atom stereocenters. The van der Waals surface area contributed by atoms with Crippen LogP contribution >= 0.6 is 0 Å². The van der Waals surface area contributed by atoms with E-state index in [0.717, 1.165) is 36.2 Å². The molecular formula is C43H31N5. The molecule has 2 aromatic heterocycles. The van der Waals surface area contributed by atoms with Gasteiger partial charge in [0.1, 0.15) is 5.82 Å². The fraction of sp³-hybridized carbons (Fsp3) is 0.0930. The molecule has 0 saturated heterocycles. The van der Waals surface area contributed by atoms with Gasteiger partial charge in [0.25, 0.3) is 0 Å². The van der Waals surface area contributed by atoms with Crippen LogP contribution in [-0.4, -0.2) is 26.2 Å². The highest BCUT2D eigenvalue weighted by molar-refractivity contribution is 6.25. The molecule has 2 aliphatic rings. The maximum Gasteiger partial charge on any atom is 0.163 e. The molecule has 48 heavy (non-hydrogen) atoms. The van der Waals surface area contributed by atoms with Gasteiger partial charge in [-0.15, -0.1) is 0 Å². The predicted octanol–water partition coefficient (Wildman–Crippen LogP) is 10.4. The Morgan fingerprint density at radius 3 is 1.98 bits per heavy atom. The number of hydrogen-bond donors (Lipinski definition) is 0. The minimum Gasteiger partial charge on any atom is -0.269 e. The Morgan fingerprint density at radius 1 is 0.562 bits per heavy atom. The highest BCUT2D eigenvalue weighted by Gasteiger charge is 2.19. The summed E-state index contributed by atoms with van der Waals surface area (Å²) in [6.07, 6.45) is 16.7. The second-order valence-electron chi connectivity index (χ2n) is 12.4. The van der Waals surface area contributed by atoms with Gasteiger partial charge >= 0.3 is 0 Å². The van der Waals surface area contributed by atoms with Crippen LogP contribution in [-0.2, 0) is 0 Å². The molecule has 3 heterocycles. The Morgan fingerprint density at radius 2 is 1.25 bits per heavy atom. The summed E-state index contributed by atoms with van der Waals surface area (Å²) in [5.74, 6) is 2.11. The molecular weight excluding hydrogens is 587 g/mol. The van der Waals surface area contributed by atoms with Gasteiger partial charge in [0.2, 0.25) is 0 Å². The van der Waals surface area contributed by atoms with Crippen LogP contribution in [0.4, 0.5) is 0 Å². The van der Waals surface area contributed by atoms with Crippen molar-refractivity contribution in [1.82, 2.24) is 19.9 Å². The summed E-state index contributed by atoms with van der Waals surface area (Å²) in [5, 5.41) is 7.72. The molecule has 1 aliphatic carbocycles. The van der Waals surface area contributed by atoms with E-state index in [-0.39, 0.29) is 5.92 Å². The van der Waals surface area contributed by atoms with E-state index in [2.05, 4.69) is 119 Å². The van der Waals surface area contributed by atoms with Crippen LogP contribution in [0.2, 0.25) is 0 Å². The van der Waals surface area contributed by atoms with Gasteiger partial charge in [0, 0.05) is 41.9 Å². The van der Waals surface area contributed by atoms with E-state index in [1.54, 1.807) is 12.4 Å². The lowest BCUT2D eigenvalue weighted by molar-refractivity contribution is 0.785. The van der Waals surface area contributed by atoms with Crippen LogP contribution in [0.1, 0.15) is 42.1 Å². The van der Waals surface area contributed by atoms with Crippen LogP contribution in [0.5, 0.6) is 0 Å². The third kappa shape index (κ3) is 5.01. The van der Waals surface area contributed by atoms with Crippen LogP contribution in [0.15, 0.2) is 145 Å². The number of fused-ring (bicyclic) bond motifs is 6. The molecule has 7 aromatic rings. The molecule has 1 aliphatic heterocycles. The summed E-state index contributed by atoms with van der Waals surface area (Å²) in [4.78, 5) is 23.4. The van der Waals surface area contributed by atoms with Crippen molar-refractivity contribution in [3.05, 3.63) is 157 Å². The average Bonchev–Trinajstić information content (AvgIpc) is 3.18. The van der Waals surface area contributed by atoms with Crippen LogP contribution < -0.4 is 0 Å². The standard InChI is InChI=1S/C43H31N5/c1-2-11-34(31-16-17-39-37-14-4-3-12-35(37)36-13-5-6-15-38(36)40(39)27-31)33(10-1)30-8-7-9-32(26-30)43-47-41(28-18-22-44-23-19-28)46-42(48-43)29-20-24-45-25-21-29/h2-9,11-20,22-27,29H,1,10,21H2. The van der Waals surface area contributed by atoms with Gasteiger partial charge in [0.15, 0.2) is 11.6 Å². The lowest BCUT2D eigenvalue weighted by atomic mass is 9.85. The number of aliphatic imine (C=N–C) groups is 1. The number of nitrogens with zero attached hydrogens (tertiary/aromatic N) is 5. The topological polar surface area (TPSA) is 63.9 Å². The molecule has 5 heteroatoms. The third-order valence-corrected chi connectivity index (χ3v) is 9.49. The minimum atomic E-state index is 0.0481. The van der Waals surface area contributed by atoms with E-state index in [0.29, 0.717) is 11.6 Å². The first kappa shape index (κ1) is 28.2. The lowest BCUT2D eigenvalue weighted by Crippen LogP contribution is -2.09. The summed E-state index contributed by atoms with van der Waals surface area (Å²) in [5.41, 5.74) is 6.90. The van der Waals surface area contributed by atoms with Crippen molar-refractivity contribution in [2.75, 3.05) is 0 Å². The molecule has 0 N–H and O–H groups in total. The first-order chi connectivity index (χ1) is 23.8. The van der Waals surface area contributed by atoms with Crippen molar-refractivity contribution in [3.63, 3.8) is 0 Å². The molecule has 0 bridgehead atoms. The summed E-state index contributed by atoms with van der Waals surface area (Å²) < 4.78 is 0. The van der Waals surface area contributed by atoms with E-state index in [9.17, 15) is 0 Å². The molecule has 0 fully saturated rings. The normalized spacial score (nSPS) is 16.0. The number of rotatable bonds is 5. The van der Waals surface area contributed by atoms with Gasteiger partial charge in [-0.2, -0.15) is 0 Å². The smallest absolute Gasteiger partial charge is 0.163 e. The predicted molar refractivity (Wildman–Crippen MR) is 198 cm³/mol. The van der Waals surface area contributed by atoms with Gasteiger partial charge < -0.3 is 0 Å². The summed E-state index contributed by atoms with van der Waals surface area (Å²) in [7, 11) is 0. The molecule has 0 saturated carbocycles. The van der Waals surface area contributed by atoms with Gasteiger partial charge in [-0.05, 0) is 98.1 Å². The monoisotopic (exact) mass is 617 g/mol. The van der Waals surface area contributed by atoms with Crippen molar-refractivity contribution >= 4 is 49.7 Å².